The first-order chi connectivity index (χ1) is 11.5. The molecule has 0 radical (unpaired) electrons. The average molecular weight is 330 g/mol. The number of likely N-dealkylation sites (N-methyl/N-ethyl adjacent to an activating group) is 1. The Bertz CT molecular complexity index is 621. The summed E-state index contributed by atoms with van der Waals surface area (Å²) in [4.78, 5) is 25.6. The van der Waals surface area contributed by atoms with Crippen LogP contribution in [0.25, 0.3) is 0 Å². The lowest BCUT2D eigenvalue weighted by Gasteiger charge is -2.33. The quantitative estimate of drug-likeness (QED) is 0.923. The number of amides is 2. The van der Waals surface area contributed by atoms with Crippen molar-refractivity contribution in [3.63, 3.8) is 0 Å². The number of carbonyl (C=O) groups excluding carboxylic acids is 2. The normalized spacial score (nSPS) is 23.2. The van der Waals surface area contributed by atoms with Crippen LogP contribution in [0.3, 0.4) is 0 Å². The Morgan fingerprint density at radius 1 is 1.25 bits per heavy atom. The van der Waals surface area contributed by atoms with Crippen LogP contribution in [0, 0.1) is 5.92 Å². The molecule has 0 saturated heterocycles. The van der Waals surface area contributed by atoms with Crippen LogP contribution in [-0.4, -0.2) is 36.4 Å². The number of benzene rings is 1. The number of aryl methyl sites for hydroxylation is 1. The van der Waals surface area contributed by atoms with Crippen LogP contribution in [0.5, 0.6) is 5.75 Å². The van der Waals surface area contributed by atoms with Gasteiger partial charge in [0.05, 0.1) is 0 Å². The van der Waals surface area contributed by atoms with Crippen molar-refractivity contribution >= 4 is 17.5 Å². The van der Waals surface area contributed by atoms with Gasteiger partial charge in [-0.05, 0) is 61.8 Å². The van der Waals surface area contributed by atoms with Crippen molar-refractivity contribution in [3.05, 3.63) is 23.8 Å². The first-order valence-electron chi connectivity index (χ1n) is 8.84. The van der Waals surface area contributed by atoms with E-state index in [0.717, 1.165) is 30.0 Å². The van der Waals surface area contributed by atoms with Crippen LogP contribution < -0.4 is 10.1 Å². The summed E-state index contributed by atoms with van der Waals surface area (Å²) in [5.74, 6) is 1.54. The predicted molar refractivity (Wildman–Crippen MR) is 93.1 cm³/mol. The van der Waals surface area contributed by atoms with Gasteiger partial charge >= 0.3 is 0 Å². The van der Waals surface area contributed by atoms with Gasteiger partial charge in [-0.2, -0.15) is 0 Å². The van der Waals surface area contributed by atoms with E-state index in [4.69, 9.17) is 4.74 Å². The Morgan fingerprint density at radius 2 is 2.00 bits per heavy atom. The second-order valence-corrected chi connectivity index (χ2v) is 7.07. The van der Waals surface area contributed by atoms with E-state index in [-0.39, 0.29) is 18.4 Å². The number of rotatable bonds is 4. The molecule has 0 unspecified atom stereocenters. The van der Waals surface area contributed by atoms with Gasteiger partial charge < -0.3 is 15.0 Å². The summed E-state index contributed by atoms with van der Waals surface area (Å²) < 4.78 is 5.69. The number of fused-ring (bicyclic) bond motifs is 1. The number of nitrogens with one attached hydrogen (secondary N) is 1. The Hall–Kier alpha value is -2.04. The number of nitrogens with zero attached hydrogens (tertiary/aromatic N) is 1. The van der Waals surface area contributed by atoms with Gasteiger partial charge in [0.1, 0.15) is 5.75 Å². The summed E-state index contributed by atoms with van der Waals surface area (Å²) in [7, 11) is 1.88. The lowest BCUT2D eigenvalue weighted by molar-refractivity contribution is -0.134. The molecule has 0 bridgehead atoms. The van der Waals surface area contributed by atoms with Gasteiger partial charge in [-0.15, -0.1) is 0 Å². The van der Waals surface area contributed by atoms with Gasteiger partial charge in [0.15, 0.2) is 6.61 Å². The van der Waals surface area contributed by atoms with Crippen LogP contribution in [0.4, 0.5) is 5.69 Å². The van der Waals surface area contributed by atoms with E-state index in [9.17, 15) is 9.59 Å². The van der Waals surface area contributed by atoms with E-state index < -0.39 is 0 Å². The minimum Gasteiger partial charge on any atom is -0.484 e. The molecule has 24 heavy (non-hydrogen) atoms. The van der Waals surface area contributed by atoms with Gasteiger partial charge in [-0.3, -0.25) is 9.59 Å². The lowest BCUT2D eigenvalue weighted by Crippen LogP contribution is -2.41. The fourth-order valence-electron chi connectivity index (χ4n) is 3.53. The minimum atomic E-state index is 0.0283. The van der Waals surface area contributed by atoms with E-state index >= 15 is 0 Å². The number of ether oxygens (including phenoxy) is 1. The molecule has 5 heteroatoms. The highest BCUT2D eigenvalue weighted by atomic mass is 16.5. The standard InChI is InChI=1S/C19H26N2O3/c1-13-3-6-15(7-4-13)21(2)19(23)12-24-16-8-9-17-14(11-16)5-10-18(22)20-17/h8-9,11,13,15H,3-7,10,12H2,1-2H3,(H,20,22). The van der Waals surface area contributed by atoms with Crippen molar-refractivity contribution in [2.45, 2.75) is 51.5 Å². The van der Waals surface area contributed by atoms with Gasteiger partial charge in [-0.1, -0.05) is 6.92 Å². The van der Waals surface area contributed by atoms with E-state index in [1.165, 1.54) is 12.8 Å². The highest BCUT2D eigenvalue weighted by molar-refractivity contribution is 5.94. The van der Waals surface area contributed by atoms with Crippen LogP contribution in [0.2, 0.25) is 0 Å². The highest BCUT2D eigenvalue weighted by Crippen LogP contribution is 2.28. The van der Waals surface area contributed by atoms with Gasteiger partial charge in [0.2, 0.25) is 5.91 Å². The minimum absolute atomic E-state index is 0.0283. The van der Waals surface area contributed by atoms with E-state index in [2.05, 4.69) is 12.2 Å². The maximum Gasteiger partial charge on any atom is 0.260 e. The van der Waals surface area contributed by atoms with E-state index in [1.807, 2.05) is 24.1 Å². The summed E-state index contributed by atoms with van der Waals surface area (Å²) in [5, 5.41) is 2.85. The molecule has 130 valence electrons. The number of anilines is 1. The molecule has 1 fully saturated rings. The third-order valence-electron chi connectivity index (χ3n) is 5.26. The lowest BCUT2D eigenvalue weighted by atomic mass is 9.87. The van der Waals surface area contributed by atoms with Crippen molar-refractivity contribution in [2.24, 2.45) is 5.92 Å². The molecule has 0 spiro atoms. The third-order valence-corrected chi connectivity index (χ3v) is 5.26. The molecule has 3 rings (SSSR count). The molecule has 5 nitrogen and oxygen atoms in total. The largest absolute Gasteiger partial charge is 0.484 e. The highest BCUT2D eigenvalue weighted by Gasteiger charge is 2.25. The average Bonchev–Trinajstić information content (AvgIpc) is 2.59. The molecule has 0 atom stereocenters. The molecule has 1 aromatic rings. The van der Waals surface area contributed by atoms with E-state index in [0.29, 0.717) is 24.6 Å². The number of hydrogen-bond donors (Lipinski definition) is 1. The molecule has 1 saturated carbocycles. The van der Waals surface area contributed by atoms with Crippen LogP contribution >= 0.6 is 0 Å². The predicted octanol–water partition coefficient (Wildman–Crippen LogP) is 2.99. The molecule has 1 heterocycles. The fourth-order valence-corrected chi connectivity index (χ4v) is 3.53. The zero-order chi connectivity index (χ0) is 17.1. The molecule has 1 N–H and O–H groups in total. The van der Waals surface area contributed by atoms with Crippen molar-refractivity contribution in [3.8, 4) is 5.75 Å². The van der Waals surface area contributed by atoms with Crippen LogP contribution in [0.1, 0.15) is 44.6 Å². The number of hydrogen-bond acceptors (Lipinski definition) is 3. The van der Waals surface area contributed by atoms with Gasteiger partial charge in [0, 0.05) is 25.2 Å². The Labute approximate surface area is 143 Å². The zero-order valence-corrected chi connectivity index (χ0v) is 14.5. The van der Waals surface area contributed by atoms with Crippen molar-refractivity contribution < 1.29 is 14.3 Å². The number of carbonyl (C=O) groups is 2. The fraction of sp³-hybridized carbons (Fsp3) is 0.579. The van der Waals surface area contributed by atoms with Crippen LogP contribution in [0.15, 0.2) is 18.2 Å². The topological polar surface area (TPSA) is 58.6 Å². The smallest absolute Gasteiger partial charge is 0.260 e. The zero-order valence-electron chi connectivity index (χ0n) is 14.5. The molecule has 2 amide bonds. The van der Waals surface area contributed by atoms with Gasteiger partial charge in [0.25, 0.3) is 5.91 Å². The van der Waals surface area contributed by atoms with Crippen LogP contribution in [-0.2, 0) is 16.0 Å². The second kappa shape index (κ2) is 7.24. The third kappa shape index (κ3) is 3.89. The van der Waals surface area contributed by atoms with Crippen molar-refractivity contribution in [2.75, 3.05) is 19.0 Å². The molecular weight excluding hydrogens is 304 g/mol. The molecule has 0 aromatic heterocycles. The Balaban J connectivity index is 1.53. The molecule has 1 aliphatic carbocycles. The second-order valence-electron chi connectivity index (χ2n) is 7.07. The van der Waals surface area contributed by atoms with E-state index in [1.54, 1.807) is 6.07 Å². The van der Waals surface area contributed by atoms with Crippen molar-refractivity contribution in [1.82, 2.24) is 4.90 Å². The molecule has 1 aliphatic heterocycles. The molecular formula is C19H26N2O3. The summed E-state index contributed by atoms with van der Waals surface area (Å²) in [6.07, 6.45) is 5.77. The Morgan fingerprint density at radius 3 is 2.75 bits per heavy atom. The summed E-state index contributed by atoms with van der Waals surface area (Å²) >= 11 is 0. The summed E-state index contributed by atoms with van der Waals surface area (Å²) in [6.45, 7) is 2.34. The summed E-state index contributed by atoms with van der Waals surface area (Å²) in [6, 6.07) is 5.92. The maximum absolute atomic E-state index is 12.4. The first kappa shape index (κ1) is 16.8. The Kier molecular flexibility index (Phi) is 5.07. The molecule has 1 aromatic carbocycles. The summed E-state index contributed by atoms with van der Waals surface area (Å²) in [5.41, 5.74) is 1.91. The SMILES string of the molecule is CC1CCC(N(C)C(=O)COc2ccc3c(c2)CCC(=O)N3)CC1. The molecule has 2 aliphatic rings. The van der Waals surface area contributed by atoms with Gasteiger partial charge in [-0.25, -0.2) is 0 Å². The monoisotopic (exact) mass is 330 g/mol. The maximum atomic E-state index is 12.4. The van der Waals surface area contributed by atoms with Crippen molar-refractivity contribution in [1.29, 1.82) is 0 Å². The first-order valence-corrected chi connectivity index (χ1v) is 8.84.